The summed E-state index contributed by atoms with van der Waals surface area (Å²) in [7, 11) is 2.06. The number of hydrogen-bond donors (Lipinski definition) is 2. The topological polar surface area (TPSA) is 40.7 Å². The third kappa shape index (κ3) is 1.26. The average Bonchev–Trinajstić information content (AvgIpc) is 2.91. The zero-order valence-corrected chi connectivity index (χ0v) is 9.56. The summed E-state index contributed by atoms with van der Waals surface area (Å²) >= 11 is 0. The number of H-pyrrole nitrogens is 1. The zero-order valence-electron chi connectivity index (χ0n) is 9.56. The highest BCUT2D eigenvalue weighted by Gasteiger charge is 2.52. The van der Waals surface area contributed by atoms with E-state index in [4.69, 9.17) is 0 Å². The van der Waals surface area contributed by atoms with Crippen molar-refractivity contribution in [2.24, 2.45) is 5.41 Å². The van der Waals surface area contributed by atoms with E-state index in [1.54, 1.807) is 0 Å². The first-order valence-electron chi connectivity index (χ1n) is 5.95. The van der Waals surface area contributed by atoms with Gasteiger partial charge in [0.25, 0.3) is 0 Å². The molecule has 1 heterocycles. The standard InChI is InChI=1S/C12H19N3/c1-8-11-9(7-13-2)12(5-6-12)4-3-10(11)15-14-8/h9,13H,3-7H2,1-2H3,(H,14,15). The maximum atomic E-state index is 4.43. The molecule has 1 aromatic rings. The second-order valence-electron chi connectivity index (χ2n) is 5.18. The van der Waals surface area contributed by atoms with Gasteiger partial charge in [-0.05, 0) is 45.1 Å². The average molecular weight is 205 g/mol. The molecule has 0 saturated heterocycles. The van der Waals surface area contributed by atoms with E-state index in [1.165, 1.54) is 42.6 Å². The molecule has 3 heteroatoms. The molecule has 0 aromatic carbocycles. The Morgan fingerprint density at radius 2 is 2.27 bits per heavy atom. The van der Waals surface area contributed by atoms with Gasteiger partial charge in [0, 0.05) is 23.7 Å². The Balaban J connectivity index is 2.02. The van der Waals surface area contributed by atoms with Crippen molar-refractivity contribution in [3.05, 3.63) is 17.0 Å². The Labute approximate surface area is 90.7 Å². The molecule has 0 amide bonds. The van der Waals surface area contributed by atoms with E-state index in [0.29, 0.717) is 11.3 Å². The van der Waals surface area contributed by atoms with Gasteiger partial charge in [0.2, 0.25) is 0 Å². The molecule has 2 aliphatic carbocycles. The van der Waals surface area contributed by atoms with Crippen LogP contribution in [0.25, 0.3) is 0 Å². The molecule has 82 valence electrons. The summed E-state index contributed by atoms with van der Waals surface area (Å²) in [4.78, 5) is 0. The highest BCUT2D eigenvalue weighted by molar-refractivity contribution is 5.36. The Kier molecular flexibility index (Phi) is 1.93. The quantitative estimate of drug-likeness (QED) is 0.772. The second kappa shape index (κ2) is 3.08. The fourth-order valence-corrected chi connectivity index (χ4v) is 3.27. The Bertz CT molecular complexity index is 376. The van der Waals surface area contributed by atoms with Crippen LogP contribution in [0.5, 0.6) is 0 Å². The molecule has 2 aliphatic rings. The van der Waals surface area contributed by atoms with Crippen LogP contribution in [0.3, 0.4) is 0 Å². The molecule has 0 radical (unpaired) electrons. The van der Waals surface area contributed by atoms with E-state index in [2.05, 4.69) is 29.5 Å². The van der Waals surface area contributed by atoms with Gasteiger partial charge in [-0.1, -0.05) is 0 Å². The molecule has 1 spiro atoms. The maximum absolute atomic E-state index is 4.43. The third-order valence-corrected chi connectivity index (χ3v) is 4.32. The first kappa shape index (κ1) is 9.40. The molecule has 0 aliphatic heterocycles. The number of aryl methyl sites for hydroxylation is 2. The van der Waals surface area contributed by atoms with Crippen LogP contribution in [-0.2, 0) is 6.42 Å². The molecule has 15 heavy (non-hydrogen) atoms. The van der Waals surface area contributed by atoms with Crippen molar-refractivity contribution < 1.29 is 0 Å². The van der Waals surface area contributed by atoms with Crippen LogP contribution < -0.4 is 5.32 Å². The van der Waals surface area contributed by atoms with Gasteiger partial charge in [-0.2, -0.15) is 5.10 Å². The lowest BCUT2D eigenvalue weighted by atomic mass is 9.74. The van der Waals surface area contributed by atoms with Crippen molar-refractivity contribution in [3.8, 4) is 0 Å². The van der Waals surface area contributed by atoms with E-state index in [9.17, 15) is 0 Å². The largest absolute Gasteiger partial charge is 0.319 e. The van der Waals surface area contributed by atoms with Crippen molar-refractivity contribution in [2.75, 3.05) is 13.6 Å². The van der Waals surface area contributed by atoms with Crippen molar-refractivity contribution in [1.29, 1.82) is 0 Å². The fraction of sp³-hybridized carbons (Fsp3) is 0.750. The van der Waals surface area contributed by atoms with Crippen LogP contribution in [0.1, 0.15) is 42.1 Å². The van der Waals surface area contributed by atoms with E-state index < -0.39 is 0 Å². The number of aromatic nitrogens is 2. The smallest absolute Gasteiger partial charge is 0.0660 e. The summed E-state index contributed by atoms with van der Waals surface area (Å²) in [6, 6.07) is 0. The number of rotatable bonds is 2. The molecule has 3 rings (SSSR count). The highest BCUT2D eigenvalue weighted by Crippen LogP contribution is 2.61. The summed E-state index contributed by atoms with van der Waals surface area (Å²) in [5.74, 6) is 0.699. The first-order chi connectivity index (χ1) is 7.27. The summed E-state index contributed by atoms with van der Waals surface area (Å²) in [5.41, 5.74) is 4.76. The normalized spacial score (nSPS) is 26.7. The summed E-state index contributed by atoms with van der Waals surface area (Å²) < 4.78 is 0. The molecule has 3 nitrogen and oxygen atoms in total. The lowest BCUT2D eigenvalue weighted by Gasteiger charge is -2.31. The summed E-state index contributed by atoms with van der Waals surface area (Å²) in [5, 5.41) is 10.9. The molecule has 1 atom stereocenters. The molecular weight excluding hydrogens is 186 g/mol. The summed E-state index contributed by atoms with van der Waals surface area (Å²) in [6.45, 7) is 3.27. The monoisotopic (exact) mass is 205 g/mol. The summed E-state index contributed by atoms with van der Waals surface area (Å²) in [6.07, 6.45) is 5.36. The van der Waals surface area contributed by atoms with Crippen LogP contribution >= 0.6 is 0 Å². The van der Waals surface area contributed by atoms with E-state index >= 15 is 0 Å². The molecule has 1 unspecified atom stereocenters. The minimum absolute atomic E-state index is 0.630. The third-order valence-electron chi connectivity index (χ3n) is 4.32. The molecule has 1 fully saturated rings. The van der Waals surface area contributed by atoms with E-state index in [-0.39, 0.29) is 0 Å². The van der Waals surface area contributed by atoms with Crippen molar-refractivity contribution in [2.45, 2.75) is 38.5 Å². The second-order valence-corrected chi connectivity index (χ2v) is 5.18. The first-order valence-corrected chi connectivity index (χ1v) is 5.95. The number of nitrogens with zero attached hydrogens (tertiary/aromatic N) is 1. The number of fused-ring (bicyclic) bond motifs is 1. The van der Waals surface area contributed by atoms with E-state index in [0.717, 1.165) is 6.54 Å². The number of aromatic amines is 1. The number of likely N-dealkylation sites (N-methyl/N-ethyl adjacent to an activating group) is 1. The van der Waals surface area contributed by atoms with Crippen LogP contribution in [0.4, 0.5) is 0 Å². The Hall–Kier alpha value is -0.830. The van der Waals surface area contributed by atoms with Crippen molar-refractivity contribution in [3.63, 3.8) is 0 Å². The molecule has 2 N–H and O–H groups in total. The fourth-order valence-electron chi connectivity index (χ4n) is 3.27. The van der Waals surface area contributed by atoms with Gasteiger partial charge in [0.05, 0.1) is 5.69 Å². The van der Waals surface area contributed by atoms with Gasteiger partial charge in [0.15, 0.2) is 0 Å². The lowest BCUT2D eigenvalue weighted by molar-refractivity contribution is 0.337. The van der Waals surface area contributed by atoms with Gasteiger partial charge in [-0.3, -0.25) is 5.10 Å². The SMILES string of the molecule is CNCC1c2c(n[nH]c2C)CCC12CC2. The zero-order chi connectivity index (χ0) is 10.5. The molecule has 0 bridgehead atoms. The maximum Gasteiger partial charge on any atom is 0.0660 e. The van der Waals surface area contributed by atoms with E-state index in [1.807, 2.05) is 0 Å². The molecule has 1 saturated carbocycles. The minimum atomic E-state index is 0.630. The number of hydrogen-bond acceptors (Lipinski definition) is 2. The lowest BCUT2D eigenvalue weighted by Crippen LogP contribution is -2.30. The Morgan fingerprint density at radius 1 is 1.47 bits per heavy atom. The number of nitrogens with one attached hydrogen (secondary N) is 2. The highest BCUT2D eigenvalue weighted by atomic mass is 15.1. The van der Waals surface area contributed by atoms with Crippen molar-refractivity contribution in [1.82, 2.24) is 15.5 Å². The van der Waals surface area contributed by atoms with Crippen LogP contribution in [0, 0.1) is 12.3 Å². The minimum Gasteiger partial charge on any atom is -0.319 e. The van der Waals surface area contributed by atoms with Gasteiger partial charge < -0.3 is 5.32 Å². The predicted octanol–water partition coefficient (Wildman–Crippen LogP) is 1.75. The van der Waals surface area contributed by atoms with Gasteiger partial charge >= 0.3 is 0 Å². The van der Waals surface area contributed by atoms with Crippen molar-refractivity contribution >= 4 is 0 Å². The molecular formula is C12H19N3. The Morgan fingerprint density at radius 3 is 2.93 bits per heavy atom. The predicted molar refractivity (Wildman–Crippen MR) is 60.0 cm³/mol. The molecule has 1 aromatic heterocycles. The van der Waals surface area contributed by atoms with Crippen LogP contribution in [-0.4, -0.2) is 23.8 Å². The van der Waals surface area contributed by atoms with Gasteiger partial charge in [-0.25, -0.2) is 0 Å². The van der Waals surface area contributed by atoms with Gasteiger partial charge in [0.1, 0.15) is 0 Å². The van der Waals surface area contributed by atoms with Gasteiger partial charge in [-0.15, -0.1) is 0 Å². The van der Waals surface area contributed by atoms with Crippen LogP contribution in [0.15, 0.2) is 0 Å². The van der Waals surface area contributed by atoms with Crippen LogP contribution in [0.2, 0.25) is 0 Å².